The minimum Gasteiger partial charge on any atom is -0.481 e. The summed E-state index contributed by atoms with van der Waals surface area (Å²) in [6.45, 7) is 3.45. The molecule has 1 saturated heterocycles. The van der Waals surface area contributed by atoms with Crippen LogP contribution < -0.4 is 20.7 Å². The van der Waals surface area contributed by atoms with Gasteiger partial charge in [0.2, 0.25) is 11.8 Å². The first-order chi connectivity index (χ1) is 24.3. The van der Waals surface area contributed by atoms with E-state index in [0.29, 0.717) is 76.0 Å². The number of carbonyl (C=O) groups excluding carboxylic acids is 2. The van der Waals surface area contributed by atoms with E-state index in [1.807, 2.05) is 41.4 Å². The van der Waals surface area contributed by atoms with Gasteiger partial charge in [-0.05, 0) is 24.6 Å². The SMILES string of the molecule is COc1nc(-c2ccnc(-c3cccc(NC(=O)c4nc5c(n4C)CCN(Cc4nccs4)C5)c3Cl)c2Cl)ccc1CNCC1CCC(=O)N1. The molecular weight excluding hydrogens is 697 g/mol. The van der Waals surface area contributed by atoms with Crippen molar-refractivity contribution in [3.8, 4) is 28.4 Å². The molecule has 0 bridgehead atoms. The molecule has 0 spiro atoms. The smallest absolute Gasteiger partial charge is 0.291 e. The molecule has 3 N–H and O–H groups in total. The Morgan fingerprint density at radius 1 is 1.08 bits per heavy atom. The first-order valence-electron chi connectivity index (χ1n) is 16.2. The number of nitrogens with zero attached hydrogens (tertiary/aromatic N) is 6. The van der Waals surface area contributed by atoms with E-state index in [2.05, 4.69) is 30.8 Å². The third-order valence-corrected chi connectivity index (χ3v) is 10.5. The maximum Gasteiger partial charge on any atom is 0.291 e. The van der Waals surface area contributed by atoms with Gasteiger partial charge in [-0.1, -0.05) is 41.4 Å². The topological polar surface area (TPSA) is 139 Å². The van der Waals surface area contributed by atoms with Crippen molar-refractivity contribution in [1.82, 2.24) is 40.0 Å². The number of anilines is 1. The number of thiazole rings is 1. The van der Waals surface area contributed by atoms with Crippen molar-refractivity contribution >= 4 is 52.0 Å². The average molecular weight is 733 g/mol. The summed E-state index contributed by atoms with van der Waals surface area (Å²) in [7, 11) is 3.44. The fourth-order valence-corrected chi connectivity index (χ4v) is 7.63. The van der Waals surface area contributed by atoms with E-state index in [9.17, 15) is 9.59 Å². The van der Waals surface area contributed by atoms with Gasteiger partial charge in [0.1, 0.15) is 5.01 Å². The summed E-state index contributed by atoms with van der Waals surface area (Å²) in [6.07, 6.45) is 5.63. The molecule has 2 aliphatic heterocycles. The molecule has 15 heteroatoms. The zero-order chi connectivity index (χ0) is 34.8. The number of halogens is 2. The number of rotatable bonds is 11. The van der Waals surface area contributed by atoms with Crippen LogP contribution in [0.3, 0.4) is 0 Å². The lowest BCUT2D eigenvalue weighted by molar-refractivity contribution is -0.119. The van der Waals surface area contributed by atoms with Crippen molar-refractivity contribution in [2.24, 2.45) is 7.05 Å². The van der Waals surface area contributed by atoms with Crippen molar-refractivity contribution in [2.45, 2.75) is 44.9 Å². The second kappa shape index (κ2) is 14.8. The van der Waals surface area contributed by atoms with Crippen LogP contribution in [0.2, 0.25) is 10.0 Å². The Hall–Kier alpha value is -4.40. The fourth-order valence-electron chi connectivity index (χ4n) is 6.40. The molecule has 12 nitrogen and oxygen atoms in total. The normalized spacial score (nSPS) is 15.9. The third-order valence-electron chi connectivity index (χ3n) is 8.97. The van der Waals surface area contributed by atoms with Gasteiger partial charge < -0.3 is 25.3 Å². The highest BCUT2D eigenvalue weighted by Gasteiger charge is 2.27. The number of imidazole rings is 1. The first kappa shape index (κ1) is 34.1. The summed E-state index contributed by atoms with van der Waals surface area (Å²) in [6, 6.07) is 11.1. The van der Waals surface area contributed by atoms with E-state index in [1.165, 1.54) is 0 Å². The van der Waals surface area contributed by atoms with Crippen molar-refractivity contribution in [3.05, 3.63) is 92.0 Å². The summed E-state index contributed by atoms with van der Waals surface area (Å²) in [4.78, 5) is 45.8. The second-order valence-electron chi connectivity index (χ2n) is 12.2. The summed E-state index contributed by atoms with van der Waals surface area (Å²) < 4.78 is 7.48. The van der Waals surface area contributed by atoms with Gasteiger partial charge in [0, 0.05) is 92.3 Å². The van der Waals surface area contributed by atoms with E-state index in [4.69, 9.17) is 37.9 Å². The Morgan fingerprint density at radius 2 is 1.96 bits per heavy atom. The van der Waals surface area contributed by atoms with Gasteiger partial charge in [-0.3, -0.25) is 19.5 Å². The molecule has 1 fully saturated rings. The number of amides is 2. The molecule has 0 radical (unpaired) electrons. The van der Waals surface area contributed by atoms with E-state index >= 15 is 0 Å². The van der Waals surface area contributed by atoms with Gasteiger partial charge in [0.25, 0.3) is 5.91 Å². The van der Waals surface area contributed by atoms with Crippen LogP contribution in [0, 0.1) is 0 Å². The van der Waals surface area contributed by atoms with Crippen LogP contribution >= 0.6 is 34.5 Å². The van der Waals surface area contributed by atoms with Gasteiger partial charge in [-0.2, -0.15) is 0 Å². The number of methoxy groups -OCH3 is 1. The van der Waals surface area contributed by atoms with Crippen molar-refractivity contribution < 1.29 is 14.3 Å². The number of fused-ring (bicyclic) bond motifs is 1. The third kappa shape index (κ3) is 7.10. The molecule has 0 saturated carbocycles. The molecule has 1 atom stereocenters. The summed E-state index contributed by atoms with van der Waals surface area (Å²) >= 11 is 15.5. The average Bonchev–Trinajstić information content (AvgIpc) is 3.87. The molecule has 4 aromatic heterocycles. The van der Waals surface area contributed by atoms with Gasteiger partial charge in [-0.15, -0.1) is 11.3 Å². The molecule has 2 amide bonds. The number of pyridine rings is 2. The van der Waals surface area contributed by atoms with E-state index in [0.717, 1.165) is 47.9 Å². The van der Waals surface area contributed by atoms with Gasteiger partial charge >= 0.3 is 0 Å². The molecule has 258 valence electrons. The highest BCUT2D eigenvalue weighted by Crippen LogP contribution is 2.40. The van der Waals surface area contributed by atoms with Crippen molar-refractivity contribution in [2.75, 3.05) is 25.5 Å². The molecule has 50 heavy (non-hydrogen) atoms. The van der Waals surface area contributed by atoms with Gasteiger partial charge in [0.15, 0.2) is 5.82 Å². The summed E-state index contributed by atoms with van der Waals surface area (Å²) in [5, 5.41) is 13.0. The monoisotopic (exact) mass is 731 g/mol. The lowest BCUT2D eigenvalue weighted by Gasteiger charge is -2.25. The zero-order valence-electron chi connectivity index (χ0n) is 27.5. The Balaban J connectivity index is 1.07. The highest BCUT2D eigenvalue weighted by atomic mass is 35.5. The Morgan fingerprint density at radius 3 is 2.74 bits per heavy atom. The van der Waals surface area contributed by atoms with Crippen molar-refractivity contribution in [1.29, 1.82) is 0 Å². The predicted octanol–water partition coefficient (Wildman–Crippen LogP) is 5.49. The molecule has 2 aliphatic rings. The first-order valence-corrected chi connectivity index (χ1v) is 17.9. The number of ether oxygens (including phenoxy) is 1. The largest absolute Gasteiger partial charge is 0.481 e. The summed E-state index contributed by atoms with van der Waals surface area (Å²) in [5.74, 6) is 0.504. The second-order valence-corrected chi connectivity index (χ2v) is 14.0. The molecular formula is C35H35Cl2N9O3S. The molecule has 5 aromatic rings. The van der Waals surface area contributed by atoms with Crippen LogP contribution in [0.4, 0.5) is 5.69 Å². The van der Waals surface area contributed by atoms with E-state index in [1.54, 1.807) is 42.8 Å². The fraction of sp³-hybridized carbons (Fsp3) is 0.314. The van der Waals surface area contributed by atoms with Crippen LogP contribution in [0.5, 0.6) is 5.88 Å². The summed E-state index contributed by atoms with van der Waals surface area (Å²) in [5.41, 5.74) is 5.48. The molecule has 0 aliphatic carbocycles. The van der Waals surface area contributed by atoms with Gasteiger partial charge in [-0.25, -0.2) is 15.0 Å². The minimum absolute atomic E-state index is 0.0881. The Kier molecular flexibility index (Phi) is 10.1. The van der Waals surface area contributed by atoms with Gasteiger partial charge in [0.05, 0.1) is 46.5 Å². The molecule has 7 rings (SSSR count). The van der Waals surface area contributed by atoms with Crippen LogP contribution in [0.25, 0.3) is 22.5 Å². The van der Waals surface area contributed by atoms with Crippen LogP contribution in [-0.4, -0.2) is 67.5 Å². The van der Waals surface area contributed by atoms with E-state index in [-0.39, 0.29) is 17.9 Å². The zero-order valence-corrected chi connectivity index (χ0v) is 29.8. The predicted molar refractivity (Wildman–Crippen MR) is 193 cm³/mol. The van der Waals surface area contributed by atoms with Crippen LogP contribution in [0.1, 0.15) is 45.4 Å². The number of carbonyl (C=O) groups is 2. The molecule has 1 unspecified atom stereocenters. The lowest BCUT2D eigenvalue weighted by atomic mass is 10.1. The quantitative estimate of drug-likeness (QED) is 0.161. The minimum atomic E-state index is -0.362. The Labute approximate surface area is 303 Å². The number of hydrogen-bond donors (Lipinski definition) is 3. The standard InChI is InChI=1S/C35H35Cl2N9O3S/c1-45-27-11-14-46(19-29-39-13-15-50-29)18-26(27)42-33(45)34(48)43-25-5-3-4-23(30(25)36)32-31(37)22(10-12-40-32)24-8-6-20(35(44-24)49-2)16-38-17-21-7-9-28(47)41-21/h3-6,8,10,12-13,15,21,38H,7,9,11,14,16-19H2,1-2H3,(H,41,47)(H,43,48). The number of hydrogen-bond acceptors (Lipinski definition) is 10. The lowest BCUT2D eigenvalue weighted by Crippen LogP contribution is -2.35. The van der Waals surface area contributed by atoms with Crippen LogP contribution in [-0.2, 0) is 37.9 Å². The van der Waals surface area contributed by atoms with Crippen LogP contribution in [0.15, 0.2) is 54.2 Å². The maximum atomic E-state index is 13.6. The number of aromatic nitrogens is 5. The highest BCUT2D eigenvalue weighted by molar-refractivity contribution is 7.09. The number of benzene rings is 1. The molecule has 6 heterocycles. The van der Waals surface area contributed by atoms with Crippen molar-refractivity contribution in [3.63, 3.8) is 0 Å². The maximum absolute atomic E-state index is 13.6. The molecule has 1 aromatic carbocycles. The van der Waals surface area contributed by atoms with E-state index < -0.39 is 0 Å². The number of nitrogens with one attached hydrogen (secondary N) is 3. The Bertz CT molecular complexity index is 2050.